The fourth-order valence-electron chi connectivity index (χ4n) is 2.68. The number of benzene rings is 2. The molecule has 0 saturated carbocycles. The molecule has 0 amide bonds. The summed E-state index contributed by atoms with van der Waals surface area (Å²) in [6.45, 7) is 5.74. The summed E-state index contributed by atoms with van der Waals surface area (Å²) in [6.07, 6.45) is 1.80. The van der Waals surface area contributed by atoms with Crippen molar-refractivity contribution in [1.29, 1.82) is 0 Å². The molecule has 0 bridgehead atoms. The van der Waals surface area contributed by atoms with Crippen LogP contribution in [0, 0.1) is 6.92 Å². The van der Waals surface area contributed by atoms with Crippen LogP contribution in [0.2, 0.25) is 0 Å². The van der Waals surface area contributed by atoms with Gasteiger partial charge in [-0.05, 0) is 18.1 Å². The Hall–Kier alpha value is -2.46. The maximum absolute atomic E-state index is 4.06. The van der Waals surface area contributed by atoms with Crippen LogP contribution in [-0.2, 0) is 19.6 Å². The van der Waals surface area contributed by atoms with Crippen molar-refractivity contribution in [2.45, 2.75) is 26.6 Å². The second-order valence-corrected chi connectivity index (χ2v) is 5.75. The van der Waals surface area contributed by atoms with Gasteiger partial charge < -0.3 is 4.57 Å². The van der Waals surface area contributed by atoms with Gasteiger partial charge in [-0.3, -0.25) is 4.90 Å². The number of nitrogens with zero attached hydrogens (tertiary/aromatic N) is 4. The number of hydrogen-bond donors (Lipinski definition) is 0. The second-order valence-electron chi connectivity index (χ2n) is 5.75. The van der Waals surface area contributed by atoms with Gasteiger partial charge in [0, 0.05) is 26.2 Å². The molecule has 118 valence electrons. The quantitative estimate of drug-likeness (QED) is 0.672. The van der Waals surface area contributed by atoms with Crippen LogP contribution in [0.25, 0.3) is 0 Å². The van der Waals surface area contributed by atoms with Crippen molar-refractivity contribution in [2.24, 2.45) is 0 Å². The summed E-state index contributed by atoms with van der Waals surface area (Å²) in [7, 11) is 0. The van der Waals surface area contributed by atoms with Crippen LogP contribution in [0.3, 0.4) is 0 Å². The molecule has 23 heavy (non-hydrogen) atoms. The molecular weight excluding hydrogens is 284 g/mol. The van der Waals surface area contributed by atoms with Gasteiger partial charge in [-0.1, -0.05) is 60.7 Å². The van der Waals surface area contributed by atoms with Gasteiger partial charge in [0.2, 0.25) is 0 Å². The van der Waals surface area contributed by atoms with Crippen LogP contribution in [0.15, 0.2) is 67.0 Å². The Morgan fingerprint density at radius 3 is 1.91 bits per heavy atom. The lowest BCUT2D eigenvalue weighted by Crippen LogP contribution is -2.27. The lowest BCUT2D eigenvalue weighted by molar-refractivity contribution is 0.245. The number of aryl methyl sites for hydroxylation is 1. The minimum atomic E-state index is 0.901. The topological polar surface area (TPSA) is 34.0 Å². The summed E-state index contributed by atoms with van der Waals surface area (Å²) in [4.78, 5) is 2.46. The van der Waals surface area contributed by atoms with Gasteiger partial charge in [0.1, 0.15) is 12.2 Å². The van der Waals surface area contributed by atoms with Crippen LogP contribution in [-0.4, -0.2) is 26.2 Å². The lowest BCUT2D eigenvalue weighted by Gasteiger charge is -2.23. The molecule has 0 unspecified atom stereocenters. The van der Waals surface area contributed by atoms with E-state index in [0.29, 0.717) is 0 Å². The average Bonchev–Trinajstić information content (AvgIpc) is 3.00. The molecule has 0 atom stereocenters. The van der Waals surface area contributed by atoms with Crippen molar-refractivity contribution < 1.29 is 0 Å². The Morgan fingerprint density at radius 1 is 0.870 bits per heavy atom. The average molecular weight is 306 g/mol. The largest absolute Gasteiger partial charge is 0.317 e. The molecule has 0 N–H and O–H groups in total. The van der Waals surface area contributed by atoms with Crippen LogP contribution >= 0.6 is 0 Å². The van der Waals surface area contributed by atoms with E-state index in [1.165, 1.54) is 11.1 Å². The van der Waals surface area contributed by atoms with E-state index in [2.05, 4.69) is 80.3 Å². The molecule has 4 heteroatoms. The first kappa shape index (κ1) is 15.4. The Bertz CT molecular complexity index is 665. The highest BCUT2D eigenvalue weighted by molar-refractivity contribution is 5.17. The summed E-state index contributed by atoms with van der Waals surface area (Å²) < 4.78 is 2.10. The summed E-state index contributed by atoms with van der Waals surface area (Å²) in [5, 5.41) is 8.02. The minimum Gasteiger partial charge on any atom is -0.317 e. The van der Waals surface area contributed by atoms with Crippen molar-refractivity contribution in [1.82, 2.24) is 19.7 Å². The summed E-state index contributed by atoms with van der Waals surface area (Å²) in [5.74, 6) is 0.962. The van der Waals surface area contributed by atoms with E-state index < -0.39 is 0 Å². The molecule has 3 rings (SSSR count). The highest BCUT2D eigenvalue weighted by atomic mass is 15.3. The van der Waals surface area contributed by atoms with Gasteiger partial charge in [0.05, 0.1) is 0 Å². The van der Waals surface area contributed by atoms with Crippen LogP contribution < -0.4 is 0 Å². The highest BCUT2D eigenvalue weighted by Crippen LogP contribution is 2.10. The van der Waals surface area contributed by atoms with E-state index in [9.17, 15) is 0 Å². The number of rotatable bonds is 7. The predicted octanol–water partition coefficient (Wildman–Crippen LogP) is 3.29. The van der Waals surface area contributed by atoms with Crippen LogP contribution in [0.1, 0.15) is 17.0 Å². The molecule has 2 aromatic carbocycles. The predicted molar refractivity (Wildman–Crippen MR) is 91.8 cm³/mol. The molecule has 0 aliphatic carbocycles. The first-order valence-electron chi connectivity index (χ1n) is 7.96. The van der Waals surface area contributed by atoms with E-state index in [4.69, 9.17) is 0 Å². The first-order chi connectivity index (χ1) is 11.3. The van der Waals surface area contributed by atoms with Crippen LogP contribution in [0.5, 0.6) is 0 Å². The summed E-state index contributed by atoms with van der Waals surface area (Å²) in [5.41, 5.74) is 2.67. The van der Waals surface area contributed by atoms with Crippen LogP contribution in [0.4, 0.5) is 0 Å². The van der Waals surface area contributed by atoms with E-state index in [0.717, 1.165) is 32.0 Å². The van der Waals surface area contributed by atoms with Gasteiger partial charge in [-0.2, -0.15) is 0 Å². The first-order valence-corrected chi connectivity index (χ1v) is 7.96. The maximum Gasteiger partial charge on any atom is 0.129 e. The molecule has 4 nitrogen and oxygen atoms in total. The van der Waals surface area contributed by atoms with Gasteiger partial charge in [-0.15, -0.1) is 10.2 Å². The van der Waals surface area contributed by atoms with Crippen molar-refractivity contribution in [3.8, 4) is 0 Å². The van der Waals surface area contributed by atoms with E-state index >= 15 is 0 Å². The smallest absolute Gasteiger partial charge is 0.129 e. The summed E-state index contributed by atoms with van der Waals surface area (Å²) in [6, 6.07) is 21.2. The fraction of sp³-hybridized carbons (Fsp3) is 0.263. The van der Waals surface area contributed by atoms with Gasteiger partial charge in [0.25, 0.3) is 0 Å². The van der Waals surface area contributed by atoms with Crippen molar-refractivity contribution in [2.75, 3.05) is 6.54 Å². The zero-order chi connectivity index (χ0) is 15.9. The SMILES string of the molecule is Cc1nncn1CCN(Cc1ccccc1)Cc1ccccc1. The Morgan fingerprint density at radius 2 is 1.43 bits per heavy atom. The monoisotopic (exact) mass is 306 g/mol. The van der Waals surface area contributed by atoms with E-state index in [-0.39, 0.29) is 0 Å². The van der Waals surface area contributed by atoms with Crippen molar-refractivity contribution >= 4 is 0 Å². The molecule has 0 spiro atoms. The molecule has 0 aliphatic heterocycles. The molecule has 3 aromatic rings. The van der Waals surface area contributed by atoms with Crippen molar-refractivity contribution in [3.05, 3.63) is 83.9 Å². The lowest BCUT2D eigenvalue weighted by atomic mass is 10.1. The Kier molecular flexibility index (Phi) is 5.17. The van der Waals surface area contributed by atoms with Gasteiger partial charge in [-0.25, -0.2) is 0 Å². The normalized spacial score (nSPS) is 11.0. The van der Waals surface area contributed by atoms with Crippen molar-refractivity contribution in [3.63, 3.8) is 0 Å². The zero-order valence-electron chi connectivity index (χ0n) is 13.5. The molecule has 0 aliphatic rings. The Balaban J connectivity index is 1.68. The second kappa shape index (κ2) is 7.70. The highest BCUT2D eigenvalue weighted by Gasteiger charge is 2.08. The van der Waals surface area contributed by atoms with E-state index in [1.807, 2.05) is 6.92 Å². The Labute approximate surface area is 137 Å². The standard InChI is InChI=1S/C19H22N4/c1-17-21-20-16-23(17)13-12-22(14-18-8-4-2-5-9-18)15-19-10-6-3-7-11-19/h2-11,16H,12-15H2,1H3. The number of aromatic nitrogens is 3. The third-order valence-corrected chi connectivity index (χ3v) is 3.96. The fourth-order valence-corrected chi connectivity index (χ4v) is 2.68. The third kappa shape index (κ3) is 4.50. The molecule has 1 aromatic heterocycles. The minimum absolute atomic E-state index is 0.901. The molecule has 1 heterocycles. The third-order valence-electron chi connectivity index (χ3n) is 3.96. The van der Waals surface area contributed by atoms with E-state index in [1.54, 1.807) is 6.33 Å². The maximum atomic E-state index is 4.06. The molecule has 0 saturated heterocycles. The number of hydrogen-bond acceptors (Lipinski definition) is 3. The molecule has 0 radical (unpaired) electrons. The molecular formula is C19H22N4. The molecule has 0 fully saturated rings. The van der Waals surface area contributed by atoms with Gasteiger partial charge >= 0.3 is 0 Å². The zero-order valence-corrected chi connectivity index (χ0v) is 13.5. The summed E-state index contributed by atoms with van der Waals surface area (Å²) >= 11 is 0. The van der Waals surface area contributed by atoms with Gasteiger partial charge in [0.15, 0.2) is 0 Å².